The van der Waals surface area contributed by atoms with E-state index in [0.29, 0.717) is 17.1 Å². The van der Waals surface area contributed by atoms with Gasteiger partial charge in [-0.3, -0.25) is 4.79 Å². The van der Waals surface area contributed by atoms with Crippen LogP contribution in [0.3, 0.4) is 0 Å². The highest BCUT2D eigenvalue weighted by Crippen LogP contribution is 2.33. The van der Waals surface area contributed by atoms with Gasteiger partial charge in [0.15, 0.2) is 5.76 Å². The Bertz CT molecular complexity index is 719. The van der Waals surface area contributed by atoms with Crippen LogP contribution in [0.25, 0.3) is 6.08 Å². The van der Waals surface area contributed by atoms with Crippen molar-refractivity contribution in [1.82, 2.24) is 0 Å². The number of allylic oxidation sites excluding steroid dienone is 1. The summed E-state index contributed by atoms with van der Waals surface area (Å²) in [6.45, 7) is 0. The quantitative estimate of drug-likeness (QED) is 0.778. The minimum absolute atomic E-state index is 0.107. The molecule has 20 heavy (non-hydrogen) atoms. The maximum absolute atomic E-state index is 12.3. The number of methoxy groups -OCH3 is 1. The molecule has 3 nitrogen and oxygen atoms in total. The zero-order valence-electron chi connectivity index (χ0n) is 10.7. The lowest BCUT2D eigenvalue weighted by molar-refractivity contribution is 0.101. The van der Waals surface area contributed by atoms with Gasteiger partial charge in [0.1, 0.15) is 11.5 Å². The Hall–Kier alpha value is -2.07. The van der Waals surface area contributed by atoms with Gasteiger partial charge in [-0.2, -0.15) is 0 Å². The van der Waals surface area contributed by atoms with Gasteiger partial charge < -0.3 is 9.47 Å². The van der Waals surface area contributed by atoms with Crippen LogP contribution < -0.4 is 9.47 Å². The fourth-order valence-electron chi connectivity index (χ4n) is 2.04. The molecule has 1 aliphatic heterocycles. The van der Waals surface area contributed by atoms with E-state index in [4.69, 9.17) is 9.47 Å². The minimum atomic E-state index is -0.107. The second kappa shape index (κ2) is 5.13. The molecule has 0 saturated heterocycles. The lowest BCUT2D eigenvalue weighted by Crippen LogP contribution is -1.98. The van der Waals surface area contributed by atoms with Crippen molar-refractivity contribution in [1.29, 1.82) is 0 Å². The van der Waals surface area contributed by atoms with Crippen LogP contribution in [-0.2, 0) is 0 Å². The van der Waals surface area contributed by atoms with Crippen LogP contribution in [0.5, 0.6) is 11.5 Å². The van der Waals surface area contributed by atoms with Crippen LogP contribution in [0.4, 0.5) is 0 Å². The van der Waals surface area contributed by atoms with Gasteiger partial charge in [-0.05, 0) is 42.0 Å². The Morgan fingerprint density at radius 3 is 2.85 bits per heavy atom. The summed E-state index contributed by atoms with van der Waals surface area (Å²) in [6, 6.07) is 12.9. The number of hydrogen-bond acceptors (Lipinski definition) is 3. The molecule has 0 amide bonds. The summed E-state index contributed by atoms with van der Waals surface area (Å²) in [6.07, 6.45) is 1.72. The summed E-state index contributed by atoms with van der Waals surface area (Å²) in [4.78, 5) is 12.3. The molecule has 4 heteroatoms. The number of benzene rings is 2. The Labute approximate surface area is 125 Å². The molecule has 0 aromatic heterocycles. The summed E-state index contributed by atoms with van der Waals surface area (Å²) < 4.78 is 11.6. The number of fused-ring (bicyclic) bond motifs is 1. The molecule has 0 aliphatic carbocycles. The van der Waals surface area contributed by atoms with Gasteiger partial charge in [-0.15, -0.1) is 0 Å². The van der Waals surface area contributed by atoms with Gasteiger partial charge in [0.2, 0.25) is 5.78 Å². The summed E-state index contributed by atoms with van der Waals surface area (Å²) in [5.74, 6) is 1.55. The van der Waals surface area contributed by atoms with E-state index in [-0.39, 0.29) is 5.78 Å². The zero-order chi connectivity index (χ0) is 14.1. The first-order valence-electron chi connectivity index (χ1n) is 6.05. The van der Waals surface area contributed by atoms with E-state index in [1.54, 1.807) is 25.3 Å². The van der Waals surface area contributed by atoms with Crippen molar-refractivity contribution >= 4 is 27.8 Å². The Balaban J connectivity index is 1.97. The predicted molar refractivity (Wildman–Crippen MR) is 80.1 cm³/mol. The summed E-state index contributed by atoms with van der Waals surface area (Å²) in [5.41, 5.74) is 1.44. The number of ketones is 1. The number of carbonyl (C=O) groups excluding carboxylic acids is 1. The molecular formula is C16H11BrO3. The van der Waals surface area contributed by atoms with Crippen molar-refractivity contribution in [3.05, 3.63) is 63.8 Å². The molecule has 2 aromatic carbocycles. The molecule has 0 spiro atoms. The largest absolute Gasteiger partial charge is 0.497 e. The molecule has 3 rings (SSSR count). The third-order valence-electron chi connectivity index (χ3n) is 3.02. The molecule has 0 bridgehead atoms. The van der Waals surface area contributed by atoms with Crippen molar-refractivity contribution in [2.24, 2.45) is 0 Å². The molecule has 1 aliphatic rings. The van der Waals surface area contributed by atoms with Gasteiger partial charge in [0.05, 0.1) is 12.7 Å². The van der Waals surface area contributed by atoms with E-state index in [0.717, 1.165) is 15.8 Å². The number of carbonyl (C=O) groups is 1. The molecule has 0 radical (unpaired) electrons. The van der Waals surface area contributed by atoms with E-state index in [1.807, 2.05) is 30.3 Å². The highest BCUT2D eigenvalue weighted by atomic mass is 79.9. The number of rotatable bonds is 2. The number of Topliss-reactive ketones (excluding diaryl/α,β-unsaturated/α-hetero) is 1. The highest BCUT2D eigenvalue weighted by molar-refractivity contribution is 9.10. The second-order valence-corrected chi connectivity index (χ2v) is 5.27. The summed E-state index contributed by atoms with van der Waals surface area (Å²) >= 11 is 3.35. The third kappa shape index (κ3) is 2.34. The van der Waals surface area contributed by atoms with Crippen LogP contribution in [0.1, 0.15) is 15.9 Å². The van der Waals surface area contributed by atoms with Crippen LogP contribution >= 0.6 is 15.9 Å². The van der Waals surface area contributed by atoms with Gasteiger partial charge in [-0.25, -0.2) is 0 Å². The van der Waals surface area contributed by atoms with Gasteiger partial charge in [0.25, 0.3) is 0 Å². The molecule has 0 atom stereocenters. The number of ether oxygens (including phenoxy) is 2. The average Bonchev–Trinajstić information content (AvgIpc) is 2.76. The summed E-state index contributed by atoms with van der Waals surface area (Å²) in [5, 5.41) is 0. The minimum Gasteiger partial charge on any atom is -0.497 e. The van der Waals surface area contributed by atoms with Crippen molar-refractivity contribution in [3.8, 4) is 11.5 Å². The summed E-state index contributed by atoms with van der Waals surface area (Å²) in [7, 11) is 1.61. The standard InChI is InChI=1S/C16H11BrO3/c1-19-12-4-2-3-10(7-12)8-15-16(18)13-9-11(17)5-6-14(13)20-15/h2-9H,1H3/b15-8-. The molecule has 2 aromatic rings. The van der Waals surface area contributed by atoms with Crippen molar-refractivity contribution in [3.63, 3.8) is 0 Å². The van der Waals surface area contributed by atoms with Crippen molar-refractivity contribution < 1.29 is 14.3 Å². The molecule has 1 heterocycles. The smallest absolute Gasteiger partial charge is 0.232 e. The van der Waals surface area contributed by atoms with Crippen LogP contribution in [0.15, 0.2) is 52.7 Å². The van der Waals surface area contributed by atoms with E-state index < -0.39 is 0 Å². The van der Waals surface area contributed by atoms with Crippen LogP contribution in [0.2, 0.25) is 0 Å². The van der Waals surface area contributed by atoms with Gasteiger partial charge in [0, 0.05) is 4.47 Å². The van der Waals surface area contributed by atoms with Crippen LogP contribution in [-0.4, -0.2) is 12.9 Å². The second-order valence-electron chi connectivity index (χ2n) is 4.36. The average molecular weight is 331 g/mol. The van der Waals surface area contributed by atoms with E-state index in [2.05, 4.69) is 15.9 Å². The van der Waals surface area contributed by atoms with Crippen molar-refractivity contribution in [2.75, 3.05) is 7.11 Å². The maximum Gasteiger partial charge on any atom is 0.232 e. The van der Waals surface area contributed by atoms with Gasteiger partial charge >= 0.3 is 0 Å². The zero-order valence-corrected chi connectivity index (χ0v) is 12.3. The Morgan fingerprint density at radius 1 is 1.20 bits per heavy atom. The number of halogens is 1. The number of hydrogen-bond donors (Lipinski definition) is 0. The molecule has 0 N–H and O–H groups in total. The molecule has 0 fully saturated rings. The molecule has 100 valence electrons. The highest BCUT2D eigenvalue weighted by Gasteiger charge is 2.27. The first-order valence-corrected chi connectivity index (χ1v) is 6.84. The van der Waals surface area contributed by atoms with Crippen molar-refractivity contribution in [2.45, 2.75) is 0 Å². The molecule has 0 unspecified atom stereocenters. The first-order chi connectivity index (χ1) is 9.67. The monoisotopic (exact) mass is 330 g/mol. The van der Waals surface area contributed by atoms with Crippen LogP contribution in [0, 0.1) is 0 Å². The third-order valence-corrected chi connectivity index (χ3v) is 3.51. The fraction of sp³-hybridized carbons (Fsp3) is 0.0625. The molecular weight excluding hydrogens is 320 g/mol. The topological polar surface area (TPSA) is 35.5 Å². The van der Waals surface area contributed by atoms with E-state index >= 15 is 0 Å². The van der Waals surface area contributed by atoms with E-state index in [1.165, 1.54) is 0 Å². The lowest BCUT2D eigenvalue weighted by Gasteiger charge is -2.01. The lowest BCUT2D eigenvalue weighted by atomic mass is 10.1. The predicted octanol–water partition coefficient (Wildman–Crippen LogP) is 4.07. The Morgan fingerprint density at radius 2 is 2.05 bits per heavy atom. The molecule has 0 saturated carbocycles. The fourth-order valence-corrected chi connectivity index (χ4v) is 2.40. The maximum atomic E-state index is 12.3. The SMILES string of the molecule is COc1cccc(/C=C2\Oc3ccc(Br)cc3C2=O)c1. The van der Waals surface area contributed by atoms with Gasteiger partial charge in [-0.1, -0.05) is 28.1 Å². The normalized spacial score (nSPS) is 15.1. The first kappa shape index (κ1) is 12.9. The van der Waals surface area contributed by atoms with E-state index in [9.17, 15) is 4.79 Å². The Kier molecular flexibility index (Phi) is 3.32.